The van der Waals surface area contributed by atoms with Crippen LogP contribution >= 0.6 is 0 Å². The first kappa shape index (κ1) is 25.9. The number of ether oxygens (including phenoxy) is 1. The number of halogens is 1. The summed E-state index contributed by atoms with van der Waals surface area (Å²) in [6.07, 6.45) is 2.61. The molecule has 2 amide bonds. The van der Waals surface area contributed by atoms with Crippen molar-refractivity contribution in [3.63, 3.8) is 0 Å². The fourth-order valence-electron chi connectivity index (χ4n) is 4.33. The van der Waals surface area contributed by atoms with Crippen LogP contribution in [0.2, 0.25) is 0 Å². The number of carbonyl (C=O) groups is 2. The number of aromatic amines is 1. The summed E-state index contributed by atoms with van der Waals surface area (Å²) in [5, 5.41) is 1.12. The molecule has 1 heterocycles. The molecule has 0 aliphatic heterocycles. The third kappa shape index (κ3) is 6.36. The third-order valence-electron chi connectivity index (χ3n) is 6.49. The first-order valence-corrected chi connectivity index (χ1v) is 12.4. The number of rotatable bonds is 10. The Hall–Kier alpha value is -4.13. The van der Waals surface area contributed by atoms with Crippen LogP contribution in [0.4, 0.5) is 4.39 Å². The minimum Gasteiger partial charge on any atom is -0.497 e. The normalized spacial score (nSPS) is 11.1. The van der Waals surface area contributed by atoms with Gasteiger partial charge in [-0.05, 0) is 73.9 Å². The third-order valence-corrected chi connectivity index (χ3v) is 6.49. The van der Waals surface area contributed by atoms with Crippen LogP contribution in [0, 0.1) is 5.82 Å². The van der Waals surface area contributed by atoms with Crippen LogP contribution in [0.5, 0.6) is 5.75 Å². The SMILES string of the molecule is COc1ccc(C(=O)N(CC(=O)N(CCc2c[nH]c3ccccc23)Cc2ccc(F)cc2)C(C)C)cc1. The molecule has 0 aliphatic rings. The van der Waals surface area contributed by atoms with Crippen LogP contribution in [-0.4, -0.2) is 52.8 Å². The van der Waals surface area contributed by atoms with E-state index < -0.39 is 0 Å². The maximum Gasteiger partial charge on any atom is 0.254 e. The second kappa shape index (κ2) is 11.7. The summed E-state index contributed by atoms with van der Waals surface area (Å²) in [6.45, 7) is 4.51. The fourth-order valence-corrected chi connectivity index (χ4v) is 4.33. The summed E-state index contributed by atoms with van der Waals surface area (Å²) < 4.78 is 18.7. The van der Waals surface area contributed by atoms with E-state index in [4.69, 9.17) is 4.74 Å². The lowest BCUT2D eigenvalue weighted by Gasteiger charge is -2.30. The van der Waals surface area contributed by atoms with E-state index in [1.54, 1.807) is 53.3 Å². The van der Waals surface area contributed by atoms with E-state index >= 15 is 0 Å². The van der Waals surface area contributed by atoms with Crippen molar-refractivity contribution in [1.29, 1.82) is 0 Å². The van der Waals surface area contributed by atoms with Crippen molar-refractivity contribution in [3.05, 3.63) is 102 Å². The Morgan fingerprint density at radius 1 is 0.973 bits per heavy atom. The number of carbonyl (C=O) groups excluding carboxylic acids is 2. The predicted molar refractivity (Wildman–Crippen MR) is 143 cm³/mol. The maximum atomic E-state index is 13.6. The van der Waals surface area contributed by atoms with Crippen LogP contribution in [-0.2, 0) is 17.8 Å². The van der Waals surface area contributed by atoms with Crippen molar-refractivity contribution in [2.24, 2.45) is 0 Å². The number of hydrogen-bond acceptors (Lipinski definition) is 3. The number of nitrogens with one attached hydrogen (secondary N) is 1. The molecule has 0 radical (unpaired) electrons. The molecule has 6 nitrogen and oxygen atoms in total. The number of H-pyrrole nitrogens is 1. The lowest BCUT2D eigenvalue weighted by molar-refractivity contribution is -0.132. The average molecular weight is 502 g/mol. The quantitative estimate of drug-likeness (QED) is 0.315. The van der Waals surface area contributed by atoms with Gasteiger partial charge in [-0.25, -0.2) is 4.39 Å². The van der Waals surface area contributed by atoms with Gasteiger partial charge in [0.15, 0.2) is 0 Å². The lowest BCUT2D eigenvalue weighted by Crippen LogP contribution is -2.46. The zero-order valence-electron chi connectivity index (χ0n) is 21.4. The van der Waals surface area contributed by atoms with E-state index in [0.717, 1.165) is 22.0 Å². The Bertz CT molecular complexity index is 1350. The van der Waals surface area contributed by atoms with Crippen LogP contribution < -0.4 is 4.74 Å². The summed E-state index contributed by atoms with van der Waals surface area (Å²) in [5.74, 6) is -0.0490. The minimum absolute atomic E-state index is 0.0579. The highest BCUT2D eigenvalue weighted by atomic mass is 19.1. The first-order valence-electron chi connectivity index (χ1n) is 12.4. The van der Waals surface area contributed by atoms with E-state index in [9.17, 15) is 14.0 Å². The largest absolute Gasteiger partial charge is 0.497 e. The van der Waals surface area contributed by atoms with Crippen LogP contribution in [0.15, 0.2) is 79.0 Å². The molecule has 1 aromatic heterocycles. The number of hydrogen-bond donors (Lipinski definition) is 1. The molecule has 0 spiro atoms. The van der Waals surface area contributed by atoms with E-state index in [1.165, 1.54) is 12.1 Å². The zero-order valence-corrected chi connectivity index (χ0v) is 21.4. The molecule has 4 rings (SSSR count). The van der Waals surface area contributed by atoms with Crippen molar-refractivity contribution in [1.82, 2.24) is 14.8 Å². The summed E-state index contributed by atoms with van der Waals surface area (Å²) in [6, 6.07) is 20.9. The molecule has 0 atom stereocenters. The topological polar surface area (TPSA) is 65.6 Å². The number of benzene rings is 3. The van der Waals surface area contributed by atoms with Gasteiger partial charge in [0.2, 0.25) is 5.91 Å². The summed E-state index contributed by atoms with van der Waals surface area (Å²) in [7, 11) is 1.57. The van der Waals surface area contributed by atoms with Gasteiger partial charge in [0.25, 0.3) is 5.91 Å². The van der Waals surface area contributed by atoms with Gasteiger partial charge in [-0.3, -0.25) is 9.59 Å². The highest BCUT2D eigenvalue weighted by Crippen LogP contribution is 2.20. The van der Waals surface area contributed by atoms with E-state index in [2.05, 4.69) is 11.1 Å². The number of nitrogens with zero attached hydrogens (tertiary/aromatic N) is 2. The number of amides is 2. The zero-order chi connectivity index (χ0) is 26.4. The highest BCUT2D eigenvalue weighted by Gasteiger charge is 2.25. The Morgan fingerprint density at radius 3 is 2.35 bits per heavy atom. The van der Waals surface area contributed by atoms with E-state index in [-0.39, 0.29) is 30.2 Å². The summed E-state index contributed by atoms with van der Waals surface area (Å²) in [4.78, 5) is 33.5. The van der Waals surface area contributed by atoms with Crippen molar-refractivity contribution in [2.45, 2.75) is 32.9 Å². The smallest absolute Gasteiger partial charge is 0.254 e. The van der Waals surface area contributed by atoms with Gasteiger partial charge in [-0.15, -0.1) is 0 Å². The molecule has 0 saturated heterocycles. The lowest BCUT2D eigenvalue weighted by atomic mass is 10.1. The molecule has 0 bridgehead atoms. The number of methoxy groups -OCH3 is 1. The van der Waals surface area contributed by atoms with Crippen molar-refractivity contribution >= 4 is 22.7 Å². The van der Waals surface area contributed by atoms with Crippen LogP contribution in [0.1, 0.15) is 35.3 Å². The van der Waals surface area contributed by atoms with Crippen molar-refractivity contribution in [2.75, 3.05) is 20.2 Å². The fraction of sp³-hybridized carbons (Fsp3) is 0.267. The number of aromatic nitrogens is 1. The van der Waals surface area contributed by atoms with Crippen molar-refractivity contribution in [3.8, 4) is 5.75 Å². The molecule has 4 aromatic rings. The van der Waals surface area contributed by atoms with Crippen LogP contribution in [0.3, 0.4) is 0 Å². The summed E-state index contributed by atoms with van der Waals surface area (Å²) >= 11 is 0. The second-order valence-corrected chi connectivity index (χ2v) is 9.31. The Labute approximate surface area is 216 Å². The molecule has 0 unspecified atom stereocenters. The highest BCUT2D eigenvalue weighted by molar-refractivity contribution is 5.96. The molecule has 1 N–H and O–H groups in total. The van der Waals surface area contributed by atoms with Gasteiger partial charge in [-0.1, -0.05) is 30.3 Å². The number of fused-ring (bicyclic) bond motifs is 1. The van der Waals surface area contributed by atoms with Gasteiger partial charge >= 0.3 is 0 Å². The molecule has 0 aliphatic carbocycles. The molecule has 7 heteroatoms. The average Bonchev–Trinajstić information content (AvgIpc) is 3.33. The van der Waals surface area contributed by atoms with E-state index in [1.807, 2.05) is 38.2 Å². The molecule has 37 heavy (non-hydrogen) atoms. The van der Waals surface area contributed by atoms with Gasteiger partial charge in [0.1, 0.15) is 18.1 Å². The second-order valence-electron chi connectivity index (χ2n) is 9.31. The molecule has 192 valence electrons. The predicted octanol–water partition coefficient (Wildman–Crippen LogP) is 5.44. The monoisotopic (exact) mass is 501 g/mol. The minimum atomic E-state index is -0.323. The van der Waals surface area contributed by atoms with Crippen molar-refractivity contribution < 1.29 is 18.7 Å². The molecular formula is C30H32FN3O3. The number of para-hydroxylation sites is 1. The summed E-state index contributed by atoms with van der Waals surface area (Å²) in [5.41, 5.74) is 3.48. The standard InChI is InChI=1S/C30H32FN3O3/c1-21(2)34(30(36)23-10-14-26(37-3)15-11-23)20-29(35)33(19-22-8-12-25(31)13-9-22)17-16-24-18-32-28-7-5-4-6-27(24)28/h4-15,18,21,32H,16-17,19-20H2,1-3H3. The molecule has 0 fully saturated rings. The van der Waals surface area contributed by atoms with Gasteiger partial charge in [0, 0.05) is 41.8 Å². The van der Waals surface area contributed by atoms with Gasteiger partial charge in [0.05, 0.1) is 7.11 Å². The Balaban J connectivity index is 1.53. The molecular weight excluding hydrogens is 469 g/mol. The van der Waals surface area contributed by atoms with E-state index in [0.29, 0.717) is 30.8 Å². The van der Waals surface area contributed by atoms with Gasteiger partial charge in [-0.2, -0.15) is 0 Å². The van der Waals surface area contributed by atoms with Crippen LogP contribution in [0.25, 0.3) is 10.9 Å². The Morgan fingerprint density at radius 2 is 1.68 bits per heavy atom. The molecule has 3 aromatic carbocycles. The molecule has 0 saturated carbocycles. The Kier molecular flexibility index (Phi) is 8.23. The maximum absolute atomic E-state index is 13.6. The van der Waals surface area contributed by atoms with Gasteiger partial charge < -0.3 is 19.5 Å². The first-order chi connectivity index (χ1) is 17.9.